The van der Waals surface area contributed by atoms with Crippen molar-refractivity contribution < 1.29 is 0 Å². The molecule has 18 heavy (non-hydrogen) atoms. The predicted octanol–water partition coefficient (Wildman–Crippen LogP) is 2.15. The van der Waals surface area contributed by atoms with E-state index < -0.39 is 0 Å². The predicted molar refractivity (Wildman–Crippen MR) is 76.3 cm³/mol. The van der Waals surface area contributed by atoms with Crippen LogP contribution in [-0.2, 0) is 13.6 Å². The first kappa shape index (κ1) is 15.2. The SMILES string of the molecule is CCCCCC(C)(CN)N(C)Cc1cnn(C)c1. The van der Waals surface area contributed by atoms with Gasteiger partial charge in [0, 0.05) is 37.4 Å². The van der Waals surface area contributed by atoms with E-state index in [4.69, 9.17) is 5.73 Å². The highest BCUT2D eigenvalue weighted by atomic mass is 15.2. The fourth-order valence-corrected chi connectivity index (χ4v) is 2.22. The average Bonchev–Trinajstić information content (AvgIpc) is 2.74. The molecular formula is C14H28N4. The number of hydrogen-bond donors (Lipinski definition) is 1. The molecule has 0 bridgehead atoms. The molecule has 1 atom stereocenters. The van der Waals surface area contributed by atoms with Gasteiger partial charge >= 0.3 is 0 Å². The molecule has 0 aliphatic heterocycles. The molecule has 0 amide bonds. The fraction of sp³-hybridized carbons (Fsp3) is 0.786. The van der Waals surface area contributed by atoms with Crippen LogP contribution in [0.5, 0.6) is 0 Å². The van der Waals surface area contributed by atoms with Crippen molar-refractivity contribution in [1.29, 1.82) is 0 Å². The summed E-state index contributed by atoms with van der Waals surface area (Å²) in [5.74, 6) is 0. The van der Waals surface area contributed by atoms with Gasteiger partial charge in [-0.05, 0) is 20.4 Å². The third-order valence-corrected chi connectivity index (χ3v) is 3.86. The Labute approximate surface area is 111 Å². The third kappa shape index (κ3) is 4.10. The summed E-state index contributed by atoms with van der Waals surface area (Å²) in [6, 6.07) is 0. The summed E-state index contributed by atoms with van der Waals surface area (Å²) in [7, 11) is 4.11. The Bertz CT molecular complexity index is 347. The minimum atomic E-state index is 0.0883. The normalized spacial score (nSPS) is 15.0. The van der Waals surface area contributed by atoms with Crippen molar-refractivity contribution in [1.82, 2.24) is 14.7 Å². The lowest BCUT2D eigenvalue weighted by atomic mass is 9.92. The van der Waals surface area contributed by atoms with Gasteiger partial charge < -0.3 is 5.73 Å². The van der Waals surface area contributed by atoms with Gasteiger partial charge in [0.2, 0.25) is 0 Å². The van der Waals surface area contributed by atoms with Gasteiger partial charge in [-0.15, -0.1) is 0 Å². The highest BCUT2D eigenvalue weighted by molar-refractivity contribution is 5.04. The third-order valence-electron chi connectivity index (χ3n) is 3.86. The summed E-state index contributed by atoms with van der Waals surface area (Å²) in [5.41, 5.74) is 7.32. The number of aryl methyl sites for hydroxylation is 1. The first-order valence-corrected chi connectivity index (χ1v) is 6.90. The van der Waals surface area contributed by atoms with Crippen molar-refractivity contribution in [3.63, 3.8) is 0 Å². The zero-order valence-electron chi connectivity index (χ0n) is 12.3. The van der Waals surface area contributed by atoms with Crippen LogP contribution in [0.2, 0.25) is 0 Å². The number of hydrogen-bond acceptors (Lipinski definition) is 3. The molecule has 0 aromatic carbocycles. The molecule has 1 unspecified atom stereocenters. The maximum atomic E-state index is 5.99. The van der Waals surface area contributed by atoms with Gasteiger partial charge in [0.05, 0.1) is 6.20 Å². The number of nitrogens with two attached hydrogens (primary N) is 1. The summed E-state index contributed by atoms with van der Waals surface area (Å²) in [4.78, 5) is 2.36. The van der Waals surface area contributed by atoms with Crippen LogP contribution in [0.1, 0.15) is 45.1 Å². The van der Waals surface area contributed by atoms with E-state index in [1.165, 1.54) is 24.8 Å². The quantitative estimate of drug-likeness (QED) is 0.721. The molecule has 0 saturated heterocycles. The summed E-state index contributed by atoms with van der Waals surface area (Å²) in [6.45, 7) is 6.11. The fourth-order valence-electron chi connectivity index (χ4n) is 2.22. The zero-order chi connectivity index (χ0) is 13.6. The molecule has 0 saturated carbocycles. The van der Waals surface area contributed by atoms with Crippen LogP contribution < -0.4 is 5.73 Å². The van der Waals surface area contributed by atoms with Crippen LogP contribution >= 0.6 is 0 Å². The Kier molecular flexibility index (Phi) is 5.82. The summed E-state index contributed by atoms with van der Waals surface area (Å²) >= 11 is 0. The second kappa shape index (κ2) is 6.90. The minimum absolute atomic E-state index is 0.0883. The van der Waals surface area contributed by atoms with E-state index in [9.17, 15) is 0 Å². The first-order valence-electron chi connectivity index (χ1n) is 6.90. The van der Waals surface area contributed by atoms with Crippen molar-refractivity contribution in [2.45, 2.75) is 51.6 Å². The highest BCUT2D eigenvalue weighted by Crippen LogP contribution is 2.22. The van der Waals surface area contributed by atoms with Crippen LogP contribution in [0.4, 0.5) is 0 Å². The molecule has 0 radical (unpaired) electrons. The molecule has 0 aliphatic rings. The van der Waals surface area contributed by atoms with Crippen molar-refractivity contribution in [2.24, 2.45) is 12.8 Å². The molecule has 1 aromatic heterocycles. The molecule has 2 N–H and O–H groups in total. The molecular weight excluding hydrogens is 224 g/mol. The van der Waals surface area contributed by atoms with Crippen molar-refractivity contribution in [3.8, 4) is 0 Å². The van der Waals surface area contributed by atoms with Gasteiger partial charge in [0.15, 0.2) is 0 Å². The largest absolute Gasteiger partial charge is 0.329 e. The van der Waals surface area contributed by atoms with Crippen molar-refractivity contribution in [3.05, 3.63) is 18.0 Å². The topological polar surface area (TPSA) is 47.1 Å². The van der Waals surface area contributed by atoms with Gasteiger partial charge in [0.1, 0.15) is 0 Å². The molecule has 0 fully saturated rings. The number of nitrogens with zero attached hydrogens (tertiary/aromatic N) is 3. The van der Waals surface area contributed by atoms with E-state index in [2.05, 4.69) is 37.1 Å². The van der Waals surface area contributed by atoms with E-state index in [1.807, 2.05) is 17.9 Å². The number of likely N-dealkylation sites (N-methyl/N-ethyl adjacent to an activating group) is 1. The van der Waals surface area contributed by atoms with Gasteiger partial charge in [0.25, 0.3) is 0 Å². The van der Waals surface area contributed by atoms with Crippen LogP contribution in [0.25, 0.3) is 0 Å². The Morgan fingerprint density at radius 3 is 2.67 bits per heavy atom. The van der Waals surface area contributed by atoms with Crippen molar-refractivity contribution >= 4 is 0 Å². The van der Waals surface area contributed by atoms with Gasteiger partial charge in [-0.25, -0.2) is 0 Å². The lowest BCUT2D eigenvalue weighted by Crippen LogP contribution is -2.49. The van der Waals surface area contributed by atoms with E-state index in [-0.39, 0.29) is 5.54 Å². The second-order valence-electron chi connectivity index (χ2n) is 5.54. The number of rotatable bonds is 8. The highest BCUT2D eigenvalue weighted by Gasteiger charge is 2.27. The van der Waals surface area contributed by atoms with E-state index in [0.717, 1.165) is 13.0 Å². The number of aromatic nitrogens is 2. The molecule has 104 valence electrons. The molecule has 0 aliphatic carbocycles. The Morgan fingerprint density at radius 2 is 2.17 bits per heavy atom. The van der Waals surface area contributed by atoms with Crippen LogP contribution in [0.15, 0.2) is 12.4 Å². The van der Waals surface area contributed by atoms with Gasteiger partial charge in [-0.3, -0.25) is 9.58 Å². The molecule has 0 spiro atoms. The lowest BCUT2D eigenvalue weighted by molar-refractivity contribution is 0.123. The van der Waals surface area contributed by atoms with Crippen LogP contribution in [0, 0.1) is 0 Å². The molecule has 1 heterocycles. The van der Waals surface area contributed by atoms with E-state index in [0.29, 0.717) is 6.54 Å². The molecule has 4 heteroatoms. The molecule has 1 rings (SSSR count). The van der Waals surface area contributed by atoms with Crippen LogP contribution in [-0.4, -0.2) is 33.8 Å². The van der Waals surface area contributed by atoms with Crippen molar-refractivity contribution in [2.75, 3.05) is 13.6 Å². The summed E-state index contributed by atoms with van der Waals surface area (Å²) < 4.78 is 1.85. The summed E-state index contributed by atoms with van der Waals surface area (Å²) in [5, 5.41) is 4.21. The van der Waals surface area contributed by atoms with Gasteiger partial charge in [-0.2, -0.15) is 5.10 Å². The smallest absolute Gasteiger partial charge is 0.0534 e. The average molecular weight is 252 g/mol. The van der Waals surface area contributed by atoms with Gasteiger partial charge in [-0.1, -0.05) is 26.2 Å². The monoisotopic (exact) mass is 252 g/mol. The Hall–Kier alpha value is -0.870. The Morgan fingerprint density at radius 1 is 1.44 bits per heavy atom. The Balaban J connectivity index is 2.57. The zero-order valence-corrected chi connectivity index (χ0v) is 12.3. The minimum Gasteiger partial charge on any atom is -0.329 e. The maximum absolute atomic E-state index is 5.99. The summed E-state index contributed by atoms with van der Waals surface area (Å²) in [6.07, 6.45) is 8.96. The van der Waals surface area contributed by atoms with Crippen LogP contribution in [0.3, 0.4) is 0 Å². The van der Waals surface area contributed by atoms with E-state index >= 15 is 0 Å². The second-order valence-corrected chi connectivity index (χ2v) is 5.54. The standard InChI is InChI=1S/C14H28N4/c1-5-6-7-8-14(2,12-15)17(3)10-13-9-16-18(4)11-13/h9,11H,5-8,10,12,15H2,1-4H3. The number of unbranched alkanes of at least 4 members (excludes halogenated alkanes) is 2. The molecule has 1 aromatic rings. The first-order chi connectivity index (χ1) is 8.51. The molecule has 4 nitrogen and oxygen atoms in total. The maximum Gasteiger partial charge on any atom is 0.0534 e. The lowest BCUT2D eigenvalue weighted by Gasteiger charge is -2.38. The van der Waals surface area contributed by atoms with E-state index in [1.54, 1.807) is 0 Å².